The van der Waals surface area contributed by atoms with Gasteiger partial charge < -0.3 is 24.8 Å². The SMILES string of the molecule is CCCC(C)=c1c(O[Si](C)(C)C)ccc2c1=C(NC(C)(C)C)C(C)=[C]2[Zr+2].[Cl-].[Cl-]. The Morgan fingerprint density at radius 2 is 1.71 bits per heavy atom. The number of nitrogens with one attached hydrogen (secondary N) is 1. The van der Waals surface area contributed by atoms with Gasteiger partial charge in [0.1, 0.15) is 0 Å². The van der Waals surface area contributed by atoms with E-state index < -0.39 is 8.32 Å². The summed E-state index contributed by atoms with van der Waals surface area (Å²) in [7, 11) is -1.68. The molecular weight excluding hydrogens is 484 g/mol. The minimum Gasteiger partial charge on any atom is -1.00 e. The molecule has 0 radical (unpaired) electrons. The van der Waals surface area contributed by atoms with Crippen molar-refractivity contribution in [2.24, 2.45) is 0 Å². The molecule has 0 fully saturated rings. The summed E-state index contributed by atoms with van der Waals surface area (Å²) in [6, 6.07) is 4.49. The van der Waals surface area contributed by atoms with Gasteiger partial charge in [0, 0.05) is 0 Å². The zero-order valence-corrected chi connectivity index (χ0v) is 23.7. The van der Waals surface area contributed by atoms with E-state index in [0.29, 0.717) is 0 Å². The van der Waals surface area contributed by atoms with Crippen LogP contribution in [0.25, 0.3) is 14.6 Å². The van der Waals surface area contributed by atoms with Gasteiger partial charge in [-0.2, -0.15) is 0 Å². The molecular formula is C22H34Cl2NOSiZr. The zero-order valence-electron chi connectivity index (χ0n) is 18.7. The Bertz CT molecular complexity index is 864. The minimum absolute atomic E-state index is 0. The zero-order chi connectivity index (χ0) is 19.9. The summed E-state index contributed by atoms with van der Waals surface area (Å²) in [4.78, 5) is 0. The van der Waals surface area contributed by atoms with Gasteiger partial charge in [0.15, 0.2) is 0 Å². The summed E-state index contributed by atoms with van der Waals surface area (Å²) in [5.41, 5.74) is 5.54. The molecule has 0 saturated carbocycles. The number of hydrogen-bond donors (Lipinski definition) is 1. The smallest absolute Gasteiger partial charge is 1.00 e. The van der Waals surface area contributed by atoms with E-state index >= 15 is 0 Å². The van der Waals surface area contributed by atoms with E-state index in [1.807, 2.05) is 0 Å². The Balaban J connectivity index is 0.00000364. The van der Waals surface area contributed by atoms with Gasteiger partial charge in [0.2, 0.25) is 0 Å². The maximum absolute atomic E-state index is 6.54. The summed E-state index contributed by atoms with van der Waals surface area (Å²) in [5, 5.41) is 6.49. The second kappa shape index (κ2) is 10.3. The van der Waals surface area contributed by atoms with Gasteiger partial charge in [-0.15, -0.1) is 0 Å². The predicted octanol–water partition coefficient (Wildman–Crippen LogP) is -1.33. The van der Waals surface area contributed by atoms with Gasteiger partial charge in [0.05, 0.1) is 0 Å². The Morgan fingerprint density at radius 1 is 1.14 bits per heavy atom. The summed E-state index contributed by atoms with van der Waals surface area (Å²) in [6.45, 7) is 20.3. The van der Waals surface area contributed by atoms with Crippen LogP contribution in [0.15, 0.2) is 17.7 Å². The maximum atomic E-state index is 6.54. The molecule has 0 unspecified atom stereocenters. The van der Waals surface area contributed by atoms with Gasteiger partial charge in [-0.1, -0.05) is 0 Å². The van der Waals surface area contributed by atoms with Gasteiger partial charge in [-0.05, 0) is 0 Å². The Morgan fingerprint density at radius 3 is 2.18 bits per heavy atom. The molecule has 1 N–H and O–H groups in total. The van der Waals surface area contributed by atoms with Gasteiger partial charge in [-0.3, -0.25) is 0 Å². The van der Waals surface area contributed by atoms with Crippen molar-refractivity contribution in [2.45, 2.75) is 79.6 Å². The van der Waals surface area contributed by atoms with Gasteiger partial charge in [-0.25, -0.2) is 0 Å². The summed E-state index contributed by atoms with van der Waals surface area (Å²) < 4.78 is 8.00. The fraction of sp³-hybridized carbons (Fsp3) is 0.545. The molecule has 1 aromatic rings. The summed E-state index contributed by atoms with van der Waals surface area (Å²) in [5.74, 6) is 1.07. The van der Waals surface area contributed by atoms with Gasteiger partial charge >= 0.3 is 176 Å². The van der Waals surface area contributed by atoms with Crippen LogP contribution < -0.4 is 45.0 Å². The van der Waals surface area contributed by atoms with E-state index in [2.05, 4.69) is 78.6 Å². The molecule has 0 atom stereocenters. The Hall–Kier alpha value is -0.0200. The monoisotopic (exact) mass is 516 g/mol. The molecule has 155 valence electrons. The Kier molecular flexibility index (Phi) is 10.3. The van der Waals surface area contributed by atoms with Crippen molar-refractivity contribution in [1.82, 2.24) is 5.32 Å². The van der Waals surface area contributed by atoms with Crippen LogP contribution in [0.2, 0.25) is 19.6 Å². The molecule has 0 saturated heterocycles. The van der Waals surface area contributed by atoms with Crippen molar-refractivity contribution >= 4 is 22.9 Å². The topological polar surface area (TPSA) is 21.3 Å². The first-order chi connectivity index (χ1) is 11.9. The molecule has 6 heteroatoms. The third kappa shape index (κ3) is 6.49. The number of halogens is 2. The molecule has 0 spiro atoms. The van der Waals surface area contributed by atoms with Gasteiger partial charge in [0.25, 0.3) is 0 Å². The average Bonchev–Trinajstić information content (AvgIpc) is 2.69. The van der Waals surface area contributed by atoms with Crippen LogP contribution in [-0.4, -0.2) is 13.9 Å². The molecule has 1 aliphatic rings. The molecule has 0 heterocycles. The summed E-state index contributed by atoms with van der Waals surface area (Å²) in [6.07, 6.45) is 2.26. The molecule has 0 bridgehead atoms. The van der Waals surface area contributed by atoms with Crippen LogP contribution in [0.5, 0.6) is 5.75 Å². The first kappa shape index (κ1) is 28.0. The van der Waals surface area contributed by atoms with Crippen LogP contribution in [0.1, 0.15) is 59.9 Å². The van der Waals surface area contributed by atoms with Crippen LogP contribution in [0, 0.1) is 0 Å². The normalized spacial score (nSPS) is 14.9. The van der Waals surface area contributed by atoms with Crippen LogP contribution in [0.3, 0.4) is 0 Å². The third-order valence-corrected chi connectivity index (χ3v) is 6.82. The molecule has 1 aromatic carbocycles. The first-order valence-electron chi connectivity index (χ1n) is 9.63. The number of fused-ring (bicyclic) bond motifs is 1. The van der Waals surface area contributed by atoms with E-state index in [-0.39, 0.29) is 30.4 Å². The maximum Gasteiger partial charge on any atom is -1.00 e. The number of hydrogen-bond acceptors (Lipinski definition) is 2. The van der Waals surface area contributed by atoms with E-state index in [1.165, 1.54) is 60.8 Å². The predicted molar refractivity (Wildman–Crippen MR) is 113 cm³/mol. The van der Waals surface area contributed by atoms with E-state index in [1.54, 1.807) is 0 Å². The third-order valence-electron chi connectivity index (χ3n) is 4.40. The minimum atomic E-state index is -1.68. The van der Waals surface area contributed by atoms with E-state index in [0.717, 1.165) is 18.6 Å². The van der Waals surface area contributed by atoms with Crippen molar-refractivity contribution < 1.29 is 54.0 Å². The fourth-order valence-corrected chi connectivity index (χ4v) is 5.09. The largest absolute Gasteiger partial charge is 1.00 e. The standard InChI is InChI=1S/C22H34NOSi.2ClH.Zr/c1-10-11-15(2)19-18(24-25(7,8)9)13-12-17-14-16(3)21(20(17)19)23-22(4,5)6;;;/h12-13,23H,10-11H2,1-9H3;2*1H;/q;;;+2/p-2. The number of rotatable bonds is 5. The van der Waals surface area contributed by atoms with Crippen LogP contribution >= 0.6 is 0 Å². The van der Waals surface area contributed by atoms with Crippen LogP contribution in [-0.2, 0) is 24.7 Å². The quantitative estimate of drug-likeness (QED) is 0.488. The molecule has 1 aliphatic carbocycles. The average molecular weight is 519 g/mol. The first-order valence-corrected chi connectivity index (χ1v) is 14.3. The Labute approximate surface area is 200 Å². The van der Waals surface area contributed by atoms with Crippen molar-refractivity contribution in [2.75, 3.05) is 0 Å². The molecule has 0 aliphatic heterocycles. The molecule has 28 heavy (non-hydrogen) atoms. The van der Waals surface area contributed by atoms with Crippen molar-refractivity contribution in [3.63, 3.8) is 0 Å². The van der Waals surface area contributed by atoms with Crippen molar-refractivity contribution in [3.8, 4) is 5.75 Å². The van der Waals surface area contributed by atoms with E-state index in [9.17, 15) is 0 Å². The summed E-state index contributed by atoms with van der Waals surface area (Å²) >= 11 is 1.47. The molecule has 0 amide bonds. The van der Waals surface area contributed by atoms with Crippen molar-refractivity contribution in [1.29, 1.82) is 0 Å². The van der Waals surface area contributed by atoms with Crippen LogP contribution in [0.4, 0.5) is 0 Å². The molecule has 2 rings (SSSR count). The second-order valence-electron chi connectivity index (χ2n) is 9.36. The fourth-order valence-electron chi connectivity index (χ4n) is 3.44. The second-order valence-corrected chi connectivity index (χ2v) is 15.0. The number of benzene rings is 1. The molecule has 0 aromatic heterocycles. The molecule has 2 nitrogen and oxygen atoms in total. The van der Waals surface area contributed by atoms with Crippen molar-refractivity contribution in [3.05, 3.63) is 33.7 Å². The van der Waals surface area contributed by atoms with E-state index in [4.69, 9.17) is 4.43 Å².